The molecule has 2 heterocycles. The standard InChI is InChI=1S/C21H24FNO/c1-15-11-17(22)7-10-20(15)21(24)12-18-8-9-19(13-21)23(18)14-16-5-3-2-4-6-16/h2-7,10-11,18-19,24H,8-9,12-14H2,1H3. The lowest BCUT2D eigenvalue weighted by molar-refractivity contribution is -0.0599. The second-order valence-corrected chi connectivity index (χ2v) is 7.44. The number of fused-ring (bicyclic) bond motifs is 2. The van der Waals surface area contributed by atoms with Gasteiger partial charge in [0.25, 0.3) is 0 Å². The molecule has 2 saturated heterocycles. The van der Waals surface area contributed by atoms with Gasteiger partial charge in [-0.05, 0) is 61.4 Å². The third kappa shape index (κ3) is 2.76. The number of benzene rings is 2. The van der Waals surface area contributed by atoms with Gasteiger partial charge < -0.3 is 5.11 Å². The van der Waals surface area contributed by atoms with Crippen LogP contribution in [0.2, 0.25) is 0 Å². The Kier molecular flexibility index (Phi) is 3.93. The lowest BCUT2D eigenvalue weighted by Crippen LogP contribution is -2.49. The first kappa shape index (κ1) is 15.8. The molecule has 2 fully saturated rings. The van der Waals surface area contributed by atoms with Gasteiger partial charge in [-0.1, -0.05) is 36.4 Å². The molecular weight excluding hydrogens is 301 g/mol. The van der Waals surface area contributed by atoms with Crippen LogP contribution in [0.15, 0.2) is 48.5 Å². The normalized spacial score (nSPS) is 29.8. The lowest BCUT2D eigenvalue weighted by atomic mass is 9.78. The van der Waals surface area contributed by atoms with Crippen LogP contribution in [0.1, 0.15) is 42.4 Å². The van der Waals surface area contributed by atoms with E-state index in [1.807, 2.05) is 13.0 Å². The van der Waals surface area contributed by atoms with E-state index < -0.39 is 5.60 Å². The summed E-state index contributed by atoms with van der Waals surface area (Å²) in [5, 5.41) is 11.3. The van der Waals surface area contributed by atoms with Crippen molar-refractivity contribution in [2.45, 2.75) is 56.8 Å². The first-order valence-electron chi connectivity index (χ1n) is 8.84. The van der Waals surface area contributed by atoms with Crippen molar-refractivity contribution in [1.29, 1.82) is 0 Å². The Balaban J connectivity index is 1.57. The first-order valence-corrected chi connectivity index (χ1v) is 8.84. The quantitative estimate of drug-likeness (QED) is 0.916. The Morgan fingerprint density at radius 3 is 2.38 bits per heavy atom. The van der Waals surface area contributed by atoms with Gasteiger partial charge in [-0.2, -0.15) is 0 Å². The fraction of sp³-hybridized carbons (Fsp3) is 0.429. The van der Waals surface area contributed by atoms with Crippen molar-refractivity contribution in [2.24, 2.45) is 0 Å². The second-order valence-electron chi connectivity index (χ2n) is 7.44. The molecule has 0 saturated carbocycles. The van der Waals surface area contributed by atoms with Crippen LogP contribution in [0.25, 0.3) is 0 Å². The summed E-state index contributed by atoms with van der Waals surface area (Å²) in [7, 11) is 0. The lowest BCUT2D eigenvalue weighted by Gasteiger charge is -2.44. The Morgan fingerprint density at radius 1 is 1.08 bits per heavy atom. The molecule has 2 atom stereocenters. The van der Waals surface area contributed by atoms with Crippen molar-refractivity contribution >= 4 is 0 Å². The molecule has 0 spiro atoms. The first-order chi connectivity index (χ1) is 11.5. The molecule has 2 aromatic rings. The molecule has 2 unspecified atom stereocenters. The number of hydrogen-bond donors (Lipinski definition) is 1. The maximum atomic E-state index is 13.4. The van der Waals surface area contributed by atoms with Gasteiger partial charge in [-0.3, -0.25) is 4.90 Å². The molecule has 0 aromatic heterocycles. The molecule has 3 heteroatoms. The molecule has 2 aromatic carbocycles. The zero-order chi connectivity index (χ0) is 16.7. The van der Waals surface area contributed by atoms with E-state index in [1.165, 1.54) is 17.7 Å². The summed E-state index contributed by atoms with van der Waals surface area (Å²) >= 11 is 0. The maximum Gasteiger partial charge on any atom is 0.123 e. The zero-order valence-corrected chi connectivity index (χ0v) is 14.1. The van der Waals surface area contributed by atoms with E-state index in [1.54, 1.807) is 6.07 Å². The summed E-state index contributed by atoms with van der Waals surface area (Å²) in [4.78, 5) is 2.56. The van der Waals surface area contributed by atoms with Gasteiger partial charge in [0.15, 0.2) is 0 Å². The molecule has 2 aliphatic rings. The topological polar surface area (TPSA) is 23.5 Å². The summed E-state index contributed by atoms with van der Waals surface area (Å²) in [5.74, 6) is -0.232. The van der Waals surface area contributed by atoms with Crippen LogP contribution in [0.5, 0.6) is 0 Å². The van der Waals surface area contributed by atoms with Crippen LogP contribution < -0.4 is 0 Å². The molecule has 4 rings (SSSR count). The minimum Gasteiger partial charge on any atom is -0.385 e. The minimum atomic E-state index is -0.823. The van der Waals surface area contributed by atoms with Gasteiger partial charge in [-0.15, -0.1) is 0 Å². The number of aryl methyl sites for hydroxylation is 1. The third-order valence-electron chi connectivity index (χ3n) is 5.82. The Morgan fingerprint density at radius 2 is 1.75 bits per heavy atom. The number of rotatable bonds is 3. The van der Waals surface area contributed by atoms with Crippen molar-refractivity contribution in [3.63, 3.8) is 0 Å². The van der Waals surface area contributed by atoms with E-state index in [2.05, 4.69) is 29.2 Å². The molecule has 2 nitrogen and oxygen atoms in total. The number of piperidine rings is 1. The molecule has 2 bridgehead atoms. The van der Waals surface area contributed by atoms with Crippen molar-refractivity contribution < 1.29 is 9.50 Å². The van der Waals surface area contributed by atoms with Crippen molar-refractivity contribution in [3.8, 4) is 0 Å². The zero-order valence-electron chi connectivity index (χ0n) is 14.1. The molecule has 0 radical (unpaired) electrons. The average Bonchev–Trinajstić information content (AvgIpc) is 2.79. The molecule has 0 aliphatic carbocycles. The van der Waals surface area contributed by atoms with Gasteiger partial charge in [0.2, 0.25) is 0 Å². The van der Waals surface area contributed by atoms with E-state index in [0.29, 0.717) is 12.1 Å². The van der Waals surface area contributed by atoms with Crippen LogP contribution in [0, 0.1) is 12.7 Å². The molecule has 2 aliphatic heterocycles. The minimum absolute atomic E-state index is 0.232. The molecule has 24 heavy (non-hydrogen) atoms. The highest BCUT2D eigenvalue weighted by atomic mass is 19.1. The van der Waals surface area contributed by atoms with E-state index in [9.17, 15) is 9.50 Å². The fourth-order valence-corrected chi connectivity index (χ4v) is 4.74. The highest BCUT2D eigenvalue weighted by Crippen LogP contribution is 2.47. The third-order valence-corrected chi connectivity index (χ3v) is 5.82. The summed E-state index contributed by atoms with van der Waals surface area (Å²) in [6.07, 6.45) is 3.76. The molecular formula is C21H24FNO. The molecule has 1 N–H and O–H groups in total. The van der Waals surface area contributed by atoms with Gasteiger partial charge in [-0.25, -0.2) is 4.39 Å². The average molecular weight is 325 g/mol. The van der Waals surface area contributed by atoms with Gasteiger partial charge in [0.1, 0.15) is 5.82 Å². The molecule has 0 amide bonds. The second kappa shape index (κ2) is 5.98. The number of aliphatic hydroxyl groups is 1. The SMILES string of the molecule is Cc1cc(F)ccc1C1(O)CC2CCC(C1)N2Cc1ccccc1. The van der Waals surface area contributed by atoms with E-state index in [4.69, 9.17) is 0 Å². The van der Waals surface area contributed by atoms with Crippen molar-refractivity contribution in [1.82, 2.24) is 4.90 Å². The highest BCUT2D eigenvalue weighted by Gasteiger charge is 2.48. The number of halogens is 1. The summed E-state index contributed by atoms with van der Waals surface area (Å²) in [5.41, 5.74) is 2.27. The van der Waals surface area contributed by atoms with Gasteiger partial charge >= 0.3 is 0 Å². The van der Waals surface area contributed by atoms with Crippen molar-refractivity contribution in [2.75, 3.05) is 0 Å². The Hall–Kier alpha value is -1.71. The van der Waals surface area contributed by atoms with Gasteiger partial charge in [0, 0.05) is 18.6 Å². The number of hydrogen-bond acceptors (Lipinski definition) is 2. The smallest absolute Gasteiger partial charge is 0.123 e. The predicted molar refractivity (Wildman–Crippen MR) is 93.1 cm³/mol. The maximum absolute atomic E-state index is 13.4. The molecule has 126 valence electrons. The summed E-state index contributed by atoms with van der Waals surface area (Å²) < 4.78 is 13.4. The van der Waals surface area contributed by atoms with Crippen molar-refractivity contribution in [3.05, 3.63) is 71.0 Å². The Bertz CT molecular complexity index is 716. The van der Waals surface area contributed by atoms with Crippen LogP contribution in [-0.4, -0.2) is 22.1 Å². The van der Waals surface area contributed by atoms with Crippen LogP contribution in [0.3, 0.4) is 0 Å². The Labute approximate surface area is 142 Å². The van der Waals surface area contributed by atoms with Gasteiger partial charge in [0.05, 0.1) is 5.60 Å². The van der Waals surface area contributed by atoms with E-state index in [0.717, 1.165) is 43.4 Å². The fourth-order valence-electron chi connectivity index (χ4n) is 4.74. The summed E-state index contributed by atoms with van der Waals surface area (Å²) in [6, 6.07) is 16.1. The monoisotopic (exact) mass is 325 g/mol. The predicted octanol–water partition coefficient (Wildman–Crippen LogP) is 4.15. The van der Waals surface area contributed by atoms with Crippen LogP contribution in [0.4, 0.5) is 4.39 Å². The largest absolute Gasteiger partial charge is 0.385 e. The van der Waals surface area contributed by atoms with Crippen LogP contribution in [-0.2, 0) is 12.1 Å². The summed E-state index contributed by atoms with van der Waals surface area (Å²) in [6.45, 7) is 2.85. The highest BCUT2D eigenvalue weighted by molar-refractivity contribution is 5.33. The van der Waals surface area contributed by atoms with E-state index >= 15 is 0 Å². The van der Waals surface area contributed by atoms with Crippen LogP contribution >= 0.6 is 0 Å². The van der Waals surface area contributed by atoms with E-state index in [-0.39, 0.29) is 5.82 Å². The number of nitrogens with zero attached hydrogens (tertiary/aromatic N) is 1.